The summed E-state index contributed by atoms with van der Waals surface area (Å²) in [7, 11) is 0. The number of carbonyl (C=O) groups excluding carboxylic acids is 1. The quantitative estimate of drug-likeness (QED) is 0.456. The van der Waals surface area contributed by atoms with Crippen LogP contribution in [0.15, 0.2) is 88.5 Å². The molecule has 0 aliphatic rings. The average molecular weight is 442 g/mol. The van der Waals surface area contributed by atoms with Crippen LogP contribution in [0.3, 0.4) is 0 Å². The predicted octanol–water partition coefficient (Wildman–Crippen LogP) is 3.27. The first-order chi connectivity index (χ1) is 16.0. The van der Waals surface area contributed by atoms with Gasteiger partial charge in [0.25, 0.3) is 5.56 Å². The van der Waals surface area contributed by atoms with Crippen LogP contribution >= 0.6 is 0 Å². The lowest BCUT2D eigenvalue weighted by Crippen LogP contribution is -2.41. The van der Waals surface area contributed by atoms with Gasteiger partial charge in [0.2, 0.25) is 5.91 Å². The monoisotopic (exact) mass is 441 g/mol. The van der Waals surface area contributed by atoms with E-state index in [1.165, 1.54) is 4.57 Å². The molecule has 33 heavy (non-hydrogen) atoms. The normalized spacial score (nSPS) is 10.9. The van der Waals surface area contributed by atoms with Gasteiger partial charge in [0.15, 0.2) is 0 Å². The Labute approximate surface area is 192 Å². The van der Waals surface area contributed by atoms with Crippen molar-refractivity contribution in [2.75, 3.05) is 6.54 Å². The number of benzene rings is 3. The maximum Gasteiger partial charge on any atom is 0.331 e. The van der Waals surface area contributed by atoms with Gasteiger partial charge in [-0.2, -0.15) is 0 Å². The lowest BCUT2D eigenvalue weighted by molar-refractivity contribution is -0.121. The topological polar surface area (TPSA) is 73.1 Å². The summed E-state index contributed by atoms with van der Waals surface area (Å²) in [5.41, 5.74) is 3.07. The first-order valence-corrected chi connectivity index (χ1v) is 11.1. The highest BCUT2D eigenvalue weighted by atomic mass is 16.2. The zero-order valence-corrected chi connectivity index (χ0v) is 18.7. The molecule has 0 saturated carbocycles. The van der Waals surface area contributed by atoms with Gasteiger partial charge in [-0.15, -0.1) is 0 Å². The summed E-state index contributed by atoms with van der Waals surface area (Å²) < 4.78 is 2.78. The Morgan fingerprint density at radius 3 is 2.27 bits per heavy atom. The molecule has 1 heterocycles. The molecule has 6 heteroatoms. The number of amides is 1. The number of nitrogens with one attached hydrogen (secondary N) is 1. The zero-order valence-electron chi connectivity index (χ0n) is 18.7. The van der Waals surface area contributed by atoms with Gasteiger partial charge in [0.05, 0.1) is 17.4 Å². The minimum absolute atomic E-state index is 0.0353. The van der Waals surface area contributed by atoms with Crippen molar-refractivity contribution < 1.29 is 4.79 Å². The Bertz CT molecular complexity index is 1370. The van der Waals surface area contributed by atoms with Gasteiger partial charge in [0.1, 0.15) is 0 Å². The minimum Gasteiger partial charge on any atom is -0.356 e. The highest BCUT2D eigenvalue weighted by Crippen LogP contribution is 2.11. The van der Waals surface area contributed by atoms with Crippen molar-refractivity contribution >= 4 is 16.8 Å². The molecule has 3 aromatic carbocycles. The van der Waals surface area contributed by atoms with Crippen LogP contribution in [0.1, 0.15) is 23.1 Å². The Kier molecular flexibility index (Phi) is 6.83. The predicted molar refractivity (Wildman–Crippen MR) is 131 cm³/mol. The summed E-state index contributed by atoms with van der Waals surface area (Å²) in [5, 5.41) is 3.34. The van der Waals surface area contributed by atoms with Gasteiger partial charge in [-0.25, -0.2) is 4.79 Å². The van der Waals surface area contributed by atoms with Crippen LogP contribution in [0.2, 0.25) is 0 Å². The smallest absolute Gasteiger partial charge is 0.331 e. The molecule has 1 N–H and O–H groups in total. The standard InChI is InChI=1S/C27H27N3O3/c1-20-11-13-22(14-12-20)19-30-24-10-6-5-9-23(24)26(32)29(27(30)33)18-16-25(31)28-17-15-21-7-3-2-4-8-21/h2-14H,15-19H2,1H3,(H,28,31). The number of nitrogens with zero attached hydrogens (tertiary/aromatic N) is 2. The molecular weight excluding hydrogens is 414 g/mol. The maximum atomic E-state index is 13.3. The Morgan fingerprint density at radius 1 is 0.818 bits per heavy atom. The molecule has 0 fully saturated rings. The molecule has 1 aromatic heterocycles. The van der Waals surface area contributed by atoms with Crippen LogP contribution in [-0.2, 0) is 24.3 Å². The number of aryl methyl sites for hydroxylation is 1. The summed E-state index contributed by atoms with van der Waals surface area (Å²) in [4.78, 5) is 38.7. The van der Waals surface area contributed by atoms with E-state index in [1.807, 2.05) is 67.6 Å². The van der Waals surface area contributed by atoms with Crippen LogP contribution in [-0.4, -0.2) is 21.6 Å². The van der Waals surface area contributed by atoms with E-state index in [2.05, 4.69) is 5.32 Å². The summed E-state index contributed by atoms with van der Waals surface area (Å²) in [5.74, 6) is -0.185. The van der Waals surface area contributed by atoms with E-state index < -0.39 is 5.69 Å². The first kappa shape index (κ1) is 22.3. The first-order valence-electron chi connectivity index (χ1n) is 11.1. The second-order valence-electron chi connectivity index (χ2n) is 8.16. The van der Waals surface area contributed by atoms with Crippen molar-refractivity contribution in [3.05, 3.63) is 116 Å². The number of fused-ring (bicyclic) bond motifs is 1. The third-order valence-corrected chi connectivity index (χ3v) is 5.73. The van der Waals surface area contributed by atoms with Gasteiger partial charge < -0.3 is 5.32 Å². The highest BCUT2D eigenvalue weighted by Gasteiger charge is 2.14. The summed E-state index contributed by atoms with van der Waals surface area (Å²) >= 11 is 0. The Hall–Kier alpha value is -3.93. The third kappa shape index (κ3) is 5.29. The Balaban J connectivity index is 1.53. The van der Waals surface area contributed by atoms with Crippen molar-refractivity contribution in [2.24, 2.45) is 0 Å². The molecule has 6 nitrogen and oxygen atoms in total. The molecule has 0 saturated heterocycles. The molecule has 0 spiro atoms. The van der Waals surface area contributed by atoms with Crippen LogP contribution in [0.25, 0.3) is 10.9 Å². The zero-order chi connectivity index (χ0) is 23.2. The van der Waals surface area contributed by atoms with Crippen molar-refractivity contribution in [1.29, 1.82) is 0 Å². The van der Waals surface area contributed by atoms with Gasteiger partial charge in [-0.3, -0.25) is 18.7 Å². The molecule has 0 bridgehead atoms. The van der Waals surface area contributed by atoms with E-state index in [9.17, 15) is 14.4 Å². The minimum atomic E-state index is -0.406. The van der Waals surface area contributed by atoms with Crippen molar-refractivity contribution in [2.45, 2.75) is 32.9 Å². The summed E-state index contributed by atoms with van der Waals surface area (Å²) in [6.07, 6.45) is 0.790. The van der Waals surface area contributed by atoms with Crippen molar-refractivity contribution in [3.8, 4) is 0 Å². The molecule has 0 aliphatic carbocycles. The van der Waals surface area contributed by atoms with E-state index in [1.54, 1.807) is 22.8 Å². The van der Waals surface area contributed by atoms with Crippen LogP contribution < -0.4 is 16.6 Å². The van der Waals surface area contributed by atoms with E-state index in [0.29, 0.717) is 24.0 Å². The number of hydrogen-bond acceptors (Lipinski definition) is 3. The molecule has 0 unspecified atom stereocenters. The molecule has 0 aliphatic heterocycles. The SMILES string of the molecule is Cc1ccc(Cn2c(=O)n(CCC(=O)NCCc3ccccc3)c(=O)c3ccccc32)cc1. The molecule has 168 valence electrons. The van der Waals surface area contributed by atoms with E-state index in [-0.39, 0.29) is 24.4 Å². The largest absolute Gasteiger partial charge is 0.356 e. The molecule has 1 amide bonds. The fourth-order valence-corrected chi connectivity index (χ4v) is 3.89. The molecule has 4 rings (SSSR count). The van der Waals surface area contributed by atoms with Gasteiger partial charge >= 0.3 is 5.69 Å². The summed E-state index contributed by atoms with van der Waals surface area (Å²) in [6, 6.07) is 25.0. The molecule has 4 aromatic rings. The van der Waals surface area contributed by atoms with Crippen molar-refractivity contribution in [3.63, 3.8) is 0 Å². The summed E-state index contributed by atoms with van der Waals surface area (Å²) in [6.45, 7) is 2.90. The van der Waals surface area contributed by atoms with E-state index >= 15 is 0 Å². The fourth-order valence-electron chi connectivity index (χ4n) is 3.89. The maximum absolute atomic E-state index is 13.3. The highest BCUT2D eigenvalue weighted by molar-refractivity contribution is 5.78. The van der Waals surface area contributed by atoms with Crippen LogP contribution in [0.4, 0.5) is 0 Å². The van der Waals surface area contributed by atoms with Crippen LogP contribution in [0, 0.1) is 6.92 Å². The number of para-hydroxylation sites is 1. The molecule has 0 radical (unpaired) electrons. The number of aromatic nitrogens is 2. The van der Waals surface area contributed by atoms with Gasteiger partial charge in [-0.1, -0.05) is 72.3 Å². The van der Waals surface area contributed by atoms with E-state index in [4.69, 9.17) is 0 Å². The van der Waals surface area contributed by atoms with Gasteiger partial charge in [0, 0.05) is 19.5 Å². The number of carbonyl (C=O) groups is 1. The van der Waals surface area contributed by atoms with Gasteiger partial charge in [-0.05, 0) is 36.6 Å². The third-order valence-electron chi connectivity index (χ3n) is 5.73. The second-order valence-corrected chi connectivity index (χ2v) is 8.16. The second kappa shape index (κ2) is 10.1. The fraction of sp³-hybridized carbons (Fsp3) is 0.222. The number of hydrogen-bond donors (Lipinski definition) is 1. The number of rotatable bonds is 8. The lowest BCUT2D eigenvalue weighted by atomic mass is 10.1. The van der Waals surface area contributed by atoms with Crippen LogP contribution in [0.5, 0.6) is 0 Å². The molecular formula is C27H27N3O3. The molecule has 0 atom stereocenters. The van der Waals surface area contributed by atoms with E-state index in [0.717, 1.165) is 23.1 Å². The van der Waals surface area contributed by atoms with Crippen molar-refractivity contribution in [1.82, 2.24) is 14.5 Å². The Morgan fingerprint density at radius 2 is 1.52 bits per heavy atom. The lowest BCUT2D eigenvalue weighted by Gasteiger charge is -2.14. The average Bonchev–Trinajstić information content (AvgIpc) is 2.83.